The molecule has 2 aliphatic carbocycles. The fraction of sp³-hybridized carbons (Fsp3) is 0.243. The zero-order valence-corrected chi connectivity index (χ0v) is 52.0. The minimum Gasteiger partial charge on any atom is -0.457 e. The second-order valence-corrected chi connectivity index (χ2v) is 23.9. The van der Waals surface area contributed by atoms with Crippen molar-refractivity contribution in [3.8, 4) is 67.9 Å². The summed E-state index contributed by atoms with van der Waals surface area (Å²) in [6.07, 6.45) is 18.1. The van der Waals surface area contributed by atoms with E-state index in [9.17, 15) is 9.59 Å². The fourth-order valence-electron chi connectivity index (χ4n) is 12.8. The van der Waals surface area contributed by atoms with Crippen molar-refractivity contribution in [1.82, 2.24) is 48.5 Å². The lowest BCUT2D eigenvalue weighted by Gasteiger charge is -2.39. The number of fused-ring (bicyclic) bond motifs is 3. The van der Waals surface area contributed by atoms with Crippen molar-refractivity contribution in [3.63, 3.8) is 0 Å². The molecule has 470 valence electrons. The number of morpholine rings is 1. The molecule has 1 aliphatic heterocycles. The van der Waals surface area contributed by atoms with Gasteiger partial charge in [-0.25, -0.2) is 29.9 Å². The van der Waals surface area contributed by atoms with Crippen LogP contribution in [0.3, 0.4) is 0 Å². The number of nitrogens with two attached hydrogens (primary N) is 3. The molecule has 19 nitrogen and oxygen atoms in total. The summed E-state index contributed by atoms with van der Waals surface area (Å²) in [5.41, 5.74) is 26.9. The number of aromatic nitrogens is 9. The van der Waals surface area contributed by atoms with Crippen LogP contribution < -0.4 is 31.4 Å². The maximum Gasteiger partial charge on any atom is 0.234 e. The van der Waals surface area contributed by atoms with Crippen LogP contribution in [-0.4, -0.2) is 92.5 Å². The lowest BCUT2D eigenvalue weighted by molar-refractivity contribution is -0.120. The van der Waals surface area contributed by atoms with Crippen molar-refractivity contribution in [2.75, 3.05) is 43.5 Å². The van der Waals surface area contributed by atoms with Crippen LogP contribution in [0.2, 0.25) is 0 Å². The van der Waals surface area contributed by atoms with E-state index in [4.69, 9.17) is 36.1 Å². The second-order valence-electron chi connectivity index (χ2n) is 23.9. The quantitative estimate of drug-likeness (QED) is 0.0971. The number of hydrogen-bond acceptors (Lipinski definition) is 16. The number of ketones is 1. The van der Waals surface area contributed by atoms with Crippen LogP contribution in [0.25, 0.3) is 66.5 Å². The Labute approximate surface area is 538 Å². The number of carbonyl (C=O) groups excluding carboxylic acids is 2. The normalized spacial score (nSPS) is 16.1. The number of hydrogen-bond donors (Lipinski definition) is 3. The third-order valence-corrected chi connectivity index (χ3v) is 17.6. The Bertz CT molecular complexity index is 4520. The average molecular weight is 1240 g/mol. The van der Waals surface area contributed by atoms with Crippen molar-refractivity contribution in [2.45, 2.75) is 83.3 Å². The number of ether oxygens (including phenoxy) is 4. The van der Waals surface area contributed by atoms with Crippen molar-refractivity contribution in [2.24, 2.45) is 5.92 Å². The molecule has 6 aromatic carbocycles. The highest BCUT2D eigenvalue weighted by Crippen LogP contribution is 2.42. The molecule has 0 spiro atoms. The largest absolute Gasteiger partial charge is 0.457 e. The molecule has 0 atom stereocenters. The van der Waals surface area contributed by atoms with Crippen LogP contribution in [0, 0.1) is 5.92 Å². The molecule has 15 rings (SSSR count). The van der Waals surface area contributed by atoms with Gasteiger partial charge in [-0.15, -0.1) is 0 Å². The summed E-state index contributed by atoms with van der Waals surface area (Å²) in [5.74, 6) is 6.14. The van der Waals surface area contributed by atoms with Crippen LogP contribution in [0.1, 0.15) is 82.1 Å². The second kappa shape index (κ2) is 27.8. The lowest BCUT2D eigenvalue weighted by Crippen LogP contribution is -2.45. The first-order chi connectivity index (χ1) is 45.5. The van der Waals surface area contributed by atoms with E-state index >= 15 is 0 Å². The van der Waals surface area contributed by atoms with E-state index in [0.717, 1.165) is 142 Å². The standard InChI is InChI=1S/C28H31N5O2.C24H22N4O2.C22H20N4O2/c29-27-26-25(20-6-12-24(13-7-20)35-23-4-2-1-3-5-23)18-33(28(26)31-19-30-27)22-10-8-21(9-11-22)32-14-16-34-17-15-32;25-23-22-21(16-6-12-20(13-7-16)30-19-4-2-1-3-5-19)14-28(24(22)27-15-26-23)17-8-10-18(29)11-9-17;1-14(2)22(27)26-12-18(19-20(23)24-13-25-21(19)26)15-8-10-17(11-9-15)28-16-6-4-3-5-7-16/h1-7,12-13,18-19,21-22H,8-11,14-17H2,(H2,29,30,31);1-7,12-15,17H,8-11H2,(H2,25,26,27);3-14H,1-2H3,(H2,23,24,25). The van der Waals surface area contributed by atoms with Gasteiger partial charge in [-0.05, 0) is 128 Å². The van der Waals surface area contributed by atoms with E-state index in [1.54, 1.807) is 17.1 Å². The summed E-state index contributed by atoms with van der Waals surface area (Å²) in [7, 11) is 0. The highest BCUT2D eigenvalue weighted by molar-refractivity contribution is 6.05. The number of benzene rings is 6. The molecule has 3 fully saturated rings. The van der Waals surface area contributed by atoms with E-state index in [1.165, 1.54) is 25.5 Å². The smallest absolute Gasteiger partial charge is 0.234 e. The fourth-order valence-corrected chi connectivity index (χ4v) is 12.8. The first-order valence-corrected chi connectivity index (χ1v) is 31.7. The van der Waals surface area contributed by atoms with Gasteiger partial charge in [0.15, 0.2) is 5.65 Å². The van der Waals surface area contributed by atoms with Gasteiger partial charge in [0.05, 0.1) is 29.4 Å². The summed E-state index contributed by atoms with van der Waals surface area (Å²) in [6, 6.07) is 54.2. The third kappa shape index (κ3) is 13.7. The zero-order valence-electron chi connectivity index (χ0n) is 52.0. The Morgan fingerprint density at radius 1 is 0.441 bits per heavy atom. The molecule has 93 heavy (non-hydrogen) atoms. The maximum absolute atomic E-state index is 12.6. The van der Waals surface area contributed by atoms with Gasteiger partial charge in [-0.2, -0.15) is 0 Å². The predicted octanol–water partition coefficient (Wildman–Crippen LogP) is 15.2. The summed E-state index contributed by atoms with van der Waals surface area (Å²) >= 11 is 0. The van der Waals surface area contributed by atoms with Gasteiger partial charge < -0.3 is 45.3 Å². The van der Waals surface area contributed by atoms with Gasteiger partial charge in [0.1, 0.15) is 88.0 Å². The molecule has 12 aromatic rings. The van der Waals surface area contributed by atoms with Gasteiger partial charge in [0.2, 0.25) is 5.91 Å². The summed E-state index contributed by atoms with van der Waals surface area (Å²) < 4.78 is 29.3. The van der Waals surface area contributed by atoms with Crippen LogP contribution in [-0.2, 0) is 9.53 Å². The van der Waals surface area contributed by atoms with Gasteiger partial charge >= 0.3 is 0 Å². The number of nitrogen functional groups attached to an aromatic ring is 3. The highest BCUT2D eigenvalue weighted by Gasteiger charge is 2.30. The summed E-state index contributed by atoms with van der Waals surface area (Å²) in [4.78, 5) is 53.0. The van der Waals surface area contributed by atoms with E-state index in [1.807, 2.05) is 166 Å². The number of nitrogens with zero attached hydrogens (tertiary/aromatic N) is 10. The first-order valence-electron chi connectivity index (χ1n) is 31.7. The number of carbonyl (C=O) groups is 2. The van der Waals surface area contributed by atoms with Gasteiger partial charge in [0.25, 0.3) is 0 Å². The van der Waals surface area contributed by atoms with Gasteiger partial charge in [-0.1, -0.05) is 105 Å². The minimum atomic E-state index is -0.165. The molecular formula is C74H73N13O6. The van der Waals surface area contributed by atoms with Gasteiger partial charge in [0, 0.05) is 85.3 Å². The Morgan fingerprint density at radius 3 is 1.18 bits per heavy atom. The lowest BCUT2D eigenvalue weighted by atomic mass is 9.90. The van der Waals surface area contributed by atoms with E-state index < -0.39 is 0 Å². The van der Waals surface area contributed by atoms with Crippen LogP contribution in [0.5, 0.6) is 34.5 Å². The molecule has 0 amide bonds. The van der Waals surface area contributed by atoms with E-state index in [0.29, 0.717) is 59.2 Å². The van der Waals surface area contributed by atoms with Gasteiger partial charge in [-0.3, -0.25) is 19.1 Å². The molecule has 2 saturated carbocycles. The van der Waals surface area contributed by atoms with Crippen LogP contribution >= 0.6 is 0 Å². The van der Waals surface area contributed by atoms with Crippen molar-refractivity contribution in [1.29, 1.82) is 0 Å². The van der Waals surface area contributed by atoms with Crippen molar-refractivity contribution in [3.05, 3.63) is 201 Å². The Morgan fingerprint density at radius 2 is 0.785 bits per heavy atom. The maximum atomic E-state index is 12.6. The Hall–Kier alpha value is -10.8. The highest BCUT2D eigenvalue weighted by atomic mass is 16.5. The molecule has 0 unspecified atom stereocenters. The van der Waals surface area contributed by atoms with Crippen LogP contribution in [0.4, 0.5) is 17.5 Å². The number of para-hydroxylation sites is 3. The predicted molar refractivity (Wildman–Crippen MR) is 363 cm³/mol. The molecule has 7 heterocycles. The van der Waals surface area contributed by atoms with Crippen molar-refractivity contribution >= 4 is 62.2 Å². The molecule has 3 aliphatic rings. The molecule has 6 N–H and O–H groups in total. The topological polar surface area (TPSA) is 244 Å². The number of rotatable bonds is 13. The SMILES string of the molecule is CC(C)C(=O)n1cc(-c2ccc(Oc3ccccc3)cc2)c2c(N)ncnc21.Nc1ncnc2c1c(-c1ccc(Oc3ccccc3)cc1)cn2C1CCC(=O)CC1.Nc1ncnc2c1c(-c1ccc(Oc3ccccc3)cc1)cn2C1CCC(N2CCOCC2)CC1. The monoisotopic (exact) mass is 1240 g/mol. The summed E-state index contributed by atoms with van der Waals surface area (Å²) in [5, 5.41) is 2.46. The molecule has 19 heteroatoms. The first kappa shape index (κ1) is 61.1. The van der Waals surface area contributed by atoms with Crippen molar-refractivity contribution < 1.29 is 28.5 Å². The number of Topliss-reactive ketones (excluding diaryl/α,β-unsaturated/α-hetero) is 1. The average Bonchev–Trinajstić information content (AvgIpc) is 1.64. The van der Waals surface area contributed by atoms with E-state index in [2.05, 4.69) is 68.5 Å². The minimum absolute atomic E-state index is 0.0432. The third-order valence-electron chi connectivity index (χ3n) is 17.6. The molecule has 0 radical (unpaired) electrons. The van der Waals surface area contributed by atoms with Crippen LogP contribution in [0.15, 0.2) is 201 Å². The molecular weight excluding hydrogens is 1170 g/mol. The Balaban J connectivity index is 0.000000128. The zero-order chi connectivity index (χ0) is 63.8. The Kier molecular flexibility index (Phi) is 18.2. The molecule has 0 bridgehead atoms. The summed E-state index contributed by atoms with van der Waals surface area (Å²) in [6.45, 7) is 7.54. The molecule has 1 saturated heterocycles. The molecule has 6 aromatic heterocycles. The van der Waals surface area contributed by atoms with E-state index in [-0.39, 0.29) is 17.9 Å². The number of anilines is 3.